The van der Waals surface area contributed by atoms with Gasteiger partial charge in [-0.05, 0) is 37.5 Å². The van der Waals surface area contributed by atoms with Gasteiger partial charge in [-0.25, -0.2) is 9.67 Å². The number of carbonyl (C=O) groups excluding carboxylic acids is 1. The van der Waals surface area contributed by atoms with Crippen molar-refractivity contribution in [1.82, 2.24) is 29.4 Å². The highest BCUT2D eigenvalue weighted by molar-refractivity contribution is 5.92. The molecule has 0 radical (unpaired) electrons. The van der Waals surface area contributed by atoms with Crippen LogP contribution in [0.4, 0.5) is 0 Å². The lowest BCUT2D eigenvalue weighted by Crippen LogP contribution is -2.40. The summed E-state index contributed by atoms with van der Waals surface area (Å²) in [5.74, 6) is -0.0660. The predicted octanol–water partition coefficient (Wildman–Crippen LogP) is 2.25. The van der Waals surface area contributed by atoms with Crippen molar-refractivity contribution in [2.45, 2.75) is 25.8 Å². The molecule has 1 aromatic carbocycles. The number of likely N-dealkylation sites (tertiary alicyclic amines) is 1. The Hall–Kier alpha value is -2.96. The van der Waals surface area contributed by atoms with Crippen LogP contribution in [-0.4, -0.2) is 48.4 Å². The summed E-state index contributed by atoms with van der Waals surface area (Å²) >= 11 is 0. The molecule has 7 heteroatoms. The van der Waals surface area contributed by atoms with Gasteiger partial charge in [0.1, 0.15) is 0 Å². The molecule has 3 heterocycles. The van der Waals surface area contributed by atoms with Crippen LogP contribution < -0.4 is 0 Å². The third-order valence-electron chi connectivity index (χ3n) is 4.61. The number of imidazole rings is 1. The first kappa shape index (κ1) is 15.6. The van der Waals surface area contributed by atoms with E-state index < -0.39 is 0 Å². The minimum Gasteiger partial charge on any atom is -0.335 e. The minimum atomic E-state index is -0.0660. The van der Waals surface area contributed by atoms with Crippen LogP contribution in [0.5, 0.6) is 0 Å². The average Bonchev–Trinajstić information content (AvgIpc) is 3.33. The number of carbonyl (C=O) groups is 1. The molecular weight excluding hydrogens is 316 g/mol. The highest BCUT2D eigenvalue weighted by atomic mass is 16.2. The summed E-state index contributed by atoms with van der Waals surface area (Å²) in [5.41, 5.74) is 2.43. The Balaban J connectivity index is 1.51. The van der Waals surface area contributed by atoms with E-state index in [-0.39, 0.29) is 11.9 Å². The van der Waals surface area contributed by atoms with E-state index in [4.69, 9.17) is 0 Å². The van der Waals surface area contributed by atoms with Gasteiger partial charge < -0.3 is 9.47 Å². The number of piperidine rings is 1. The molecule has 7 nitrogen and oxygen atoms in total. The van der Waals surface area contributed by atoms with Gasteiger partial charge in [0.15, 0.2) is 5.69 Å². The molecule has 1 saturated heterocycles. The zero-order chi connectivity index (χ0) is 17.2. The topological polar surface area (TPSA) is 68.8 Å². The van der Waals surface area contributed by atoms with Gasteiger partial charge in [-0.15, -0.1) is 5.10 Å². The quantitative estimate of drug-likeness (QED) is 0.736. The Labute approximate surface area is 145 Å². The molecule has 0 spiro atoms. The number of aromatic nitrogens is 5. The number of amides is 1. The zero-order valence-electron chi connectivity index (χ0n) is 14.1. The summed E-state index contributed by atoms with van der Waals surface area (Å²) in [6, 6.07) is 8.22. The summed E-state index contributed by atoms with van der Waals surface area (Å²) in [6.07, 6.45) is 9.27. The Kier molecular flexibility index (Phi) is 4.05. The van der Waals surface area contributed by atoms with E-state index in [1.54, 1.807) is 17.1 Å². The lowest BCUT2D eigenvalue weighted by Gasteiger charge is -2.32. The smallest absolute Gasteiger partial charge is 0.276 e. The monoisotopic (exact) mass is 336 g/mol. The van der Waals surface area contributed by atoms with Crippen molar-refractivity contribution in [1.29, 1.82) is 0 Å². The fourth-order valence-electron chi connectivity index (χ4n) is 3.29. The second-order valence-corrected chi connectivity index (χ2v) is 6.44. The third kappa shape index (κ3) is 3.17. The number of hydrogen-bond donors (Lipinski definition) is 0. The van der Waals surface area contributed by atoms with Crippen LogP contribution in [-0.2, 0) is 0 Å². The Morgan fingerprint density at radius 1 is 1.32 bits per heavy atom. The fourth-order valence-corrected chi connectivity index (χ4v) is 3.29. The summed E-state index contributed by atoms with van der Waals surface area (Å²) in [4.78, 5) is 18.8. The molecule has 1 aliphatic heterocycles. The number of aryl methyl sites for hydroxylation is 1. The van der Waals surface area contributed by atoms with E-state index in [2.05, 4.69) is 19.9 Å². The van der Waals surface area contributed by atoms with Crippen molar-refractivity contribution < 1.29 is 4.79 Å². The van der Waals surface area contributed by atoms with E-state index in [1.165, 1.54) is 0 Å². The molecule has 3 aromatic rings. The summed E-state index contributed by atoms with van der Waals surface area (Å²) in [6.45, 7) is 3.45. The molecule has 0 aliphatic carbocycles. The van der Waals surface area contributed by atoms with Gasteiger partial charge in [-0.1, -0.05) is 17.3 Å². The maximum absolute atomic E-state index is 12.8. The van der Waals surface area contributed by atoms with Crippen LogP contribution in [0.15, 0.2) is 49.2 Å². The Morgan fingerprint density at radius 2 is 2.24 bits per heavy atom. The van der Waals surface area contributed by atoms with Crippen molar-refractivity contribution in [3.63, 3.8) is 0 Å². The van der Waals surface area contributed by atoms with Crippen molar-refractivity contribution in [2.24, 2.45) is 0 Å². The third-order valence-corrected chi connectivity index (χ3v) is 4.61. The lowest BCUT2D eigenvalue weighted by molar-refractivity contribution is 0.0673. The van der Waals surface area contributed by atoms with E-state index in [0.717, 1.165) is 30.6 Å². The van der Waals surface area contributed by atoms with Crippen LogP contribution >= 0.6 is 0 Å². The average molecular weight is 336 g/mol. The van der Waals surface area contributed by atoms with Crippen molar-refractivity contribution in [3.8, 4) is 5.69 Å². The van der Waals surface area contributed by atoms with Gasteiger partial charge in [-0.3, -0.25) is 4.79 Å². The van der Waals surface area contributed by atoms with E-state index >= 15 is 0 Å². The summed E-state index contributed by atoms with van der Waals surface area (Å²) < 4.78 is 3.72. The molecule has 1 amide bonds. The normalized spacial score (nSPS) is 17.6. The van der Waals surface area contributed by atoms with Crippen molar-refractivity contribution >= 4 is 5.91 Å². The van der Waals surface area contributed by atoms with Gasteiger partial charge in [0.2, 0.25) is 0 Å². The van der Waals surface area contributed by atoms with E-state index in [1.807, 2.05) is 48.6 Å². The maximum Gasteiger partial charge on any atom is 0.276 e. The molecule has 1 unspecified atom stereocenters. The molecule has 0 N–H and O–H groups in total. The second-order valence-electron chi connectivity index (χ2n) is 6.44. The Bertz CT molecular complexity index is 869. The van der Waals surface area contributed by atoms with E-state index in [9.17, 15) is 4.79 Å². The SMILES string of the molecule is Cc1cccc(-n2cc(C(=O)N3CCCC(n4ccnc4)C3)nn2)c1. The number of rotatable bonds is 3. The van der Waals surface area contributed by atoms with Gasteiger partial charge in [0, 0.05) is 25.5 Å². The first-order valence-corrected chi connectivity index (χ1v) is 8.47. The standard InChI is InChI=1S/C18H20N6O/c1-14-4-2-5-15(10-14)24-12-17(20-21-24)18(25)22-8-3-6-16(11-22)23-9-7-19-13-23/h2,4-5,7,9-10,12-13,16H,3,6,8,11H2,1H3. The molecule has 1 atom stereocenters. The highest BCUT2D eigenvalue weighted by Gasteiger charge is 2.27. The largest absolute Gasteiger partial charge is 0.335 e. The lowest BCUT2D eigenvalue weighted by atomic mass is 10.1. The molecule has 128 valence electrons. The van der Waals surface area contributed by atoms with Crippen LogP contribution in [0.1, 0.15) is 34.9 Å². The first-order valence-electron chi connectivity index (χ1n) is 8.47. The summed E-state index contributed by atoms with van der Waals surface area (Å²) in [7, 11) is 0. The molecule has 1 fully saturated rings. The van der Waals surface area contributed by atoms with Crippen molar-refractivity contribution in [2.75, 3.05) is 13.1 Å². The Morgan fingerprint density at radius 3 is 3.04 bits per heavy atom. The maximum atomic E-state index is 12.8. The molecular formula is C18H20N6O. The van der Waals surface area contributed by atoms with Gasteiger partial charge in [-0.2, -0.15) is 0 Å². The number of hydrogen-bond acceptors (Lipinski definition) is 4. The second kappa shape index (κ2) is 6.51. The minimum absolute atomic E-state index is 0.0660. The summed E-state index contributed by atoms with van der Waals surface area (Å²) in [5, 5.41) is 8.20. The van der Waals surface area contributed by atoms with Crippen LogP contribution in [0.2, 0.25) is 0 Å². The van der Waals surface area contributed by atoms with Crippen LogP contribution in [0.25, 0.3) is 5.69 Å². The van der Waals surface area contributed by atoms with Gasteiger partial charge in [0.05, 0.1) is 24.3 Å². The van der Waals surface area contributed by atoms with Gasteiger partial charge >= 0.3 is 0 Å². The highest BCUT2D eigenvalue weighted by Crippen LogP contribution is 2.22. The molecule has 25 heavy (non-hydrogen) atoms. The van der Waals surface area contributed by atoms with Crippen molar-refractivity contribution in [3.05, 3.63) is 60.4 Å². The number of nitrogens with zero attached hydrogens (tertiary/aromatic N) is 6. The molecule has 0 saturated carbocycles. The molecule has 4 rings (SSSR count). The van der Waals surface area contributed by atoms with Crippen LogP contribution in [0, 0.1) is 6.92 Å². The van der Waals surface area contributed by atoms with E-state index in [0.29, 0.717) is 12.2 Å². The molecule has 2 aromatic heterocycles. The molecule has 0 bridgehead atoms. The first-order chi connectivity index (χ1) is 12.2. The van der Waals surface area contributed by atoms with Crippen LogP contribution in [0.3, 0.4) is 0 Å². The molecule has 1 aliphatic rings. The number of benzene rings is 1. The predicted molar refractivity (Wildman–Crippen MR) is 92.5 cm³/mol. The van der Waals surface area contributed by atoms with Gasteiger partial charge in [0.25, 0.3) is 5.91 Å². The zero-order valence-corrected chi connectivity index (χ0v) is 14.1. The fraction of sp³-hybridized carbons (Fsp3) is 0.333.